The molecule has 0 aromatic rings. The molecule has 96 valence electrons. The van der Waals surface area contributed by atoms with E-state index in [4.69, 9.17) is 5.26 Å². The van der Waals surface area contributed by atoms with Crippen LogP contribution >= 0.6 is 0 Å². The molecule has 0 aromatic carbocycles. The molecule has 2 aliphatic rings. The van der Waals surface area contributed by atoms with Gasteiger partial charge in [0.25, 0.3) is 0 Å². The Balaban J connectivity index is 1.84. The average Bonchev–Trinajstić information content (AvgIpc) is 2.30. The lowest BCUT2D eigenvalue weighted by Gasteiger charge is -2.35. The van der Waals surface area contributed by atoms with E-state index in [1.54, 1.807) is 0 Å². The number of alkyl halides is 1. The van der Waals surface area contributed by atoms with Crippen LogP contribution in [0.3, 0.4) is 0 Å². The van der Waals surface area contributed by atoms with Gasteiger partial charge in [0.15, 0.2) is 0 Å². The van der Waals surface area contributed by atoms with Gasteiger partial charge in [0.1, 0.15) is 6.17 Å². The van der Waals surface area contributed by atoms with Gasteiger partial charge in [-0.15, -0.1) is 0 Å². The number of rotatable bonds is 2. The SMILES string of the molecule is CC1CC(CC2CCCCC2)CC(F)C1C#N. The van der Waals surface area contributed by atoms with Gasteiger partial charge < -0.3 is 0 Å². The van der Waals surface area contributed by atoms with Gasteiger partial charge in [-0.25, -0.2) is 4.39 Å². The Morgan fingerprint density at radius 1 is 1.12 bits per heavy atom. The lowest BCUT2D eigenvalue weighted by atomic mass is 9.70. The first-order valence-corrected chi connectivity index (χ1v) is 7.24. The summed E-state index contributed by atoms with van der Waals surface area (Å²) < 4.78 is 13.9. The van der Waals surface area contributed by atoms with Crippen molar-refractivity contribution < 1.29 is 4.39 Å². The molecule has 0 aliphatic heterocycles. The Bertz CT molecular complexity index is 265. The van der Waals surface area contributed by atoms with E-state index in [1.807, 2.05) is 6.92 Å². The van der Waals surface area contributed by atoms with Crippen molar-refractivity contribution in [2.75, 3.05) is 0 Å². The highest BCUT2D eigenvalue weighted by Crippen LogP contribution is 2.40. The van der Waals surface area contributed by atoms with Crippen molar-refractivity contribution in [3.05, 3.63) is 0 Å². The molecule has 2 saturated carbocycles. The Morgan fingerprint density at radius 3 is 2.41 bits per heavy atom. The topological polar surface area (TPSA) is 23.8 Å². The van der Waals surface area contributed by atoms with Gasteiger partial charge in [-0.1, -0.05) is 39.0 Å². The van der Waals surface area contributed by atoms with Crippen molar-refractivity contribution >= 4 is 0 Å². The monoisotopic (exact) mass is 237 g/mol. The molecule has 0 saturated heterocycles. The number of hydrogen-bond acceptors (Lipinski definition) is 1. The Labute approximate surface area is 104 Å². The summed E-state index contributed by atoms with van der Waals surface area (Å²) in [7, 11) is 0. The van der Waals surface area contributed by atoms with Gasteiger partial charge >= 0.3 is 0 Å². The number of nitriles is 1. The second-order valence-electron chi connectivity index (χ2n) is 6.23. The number of nitrogens with zero attached hydrogens (tertiary/aromatic N) is 1. The second-order valence-corrected chi connectivity index (χ2v) is 6.23. The Morgan fingerprint density at radius 2 is 1.82 bits per heavy atom. The molecule has 1 nitrogen and oxygen atoms in total. The fourth-order valence-electron chi connectivity index (χ4n) is 3.88. The van der Waals surface area contributed by atoms with Crippen LogP contribution in [0.4, 0.5) is 4.39 Å². The van der Waals surface area contributed by atoms with Crippen molar-refractivity contribution in [1.29, 1.82) is 5.26 Å². The maximum atomic E-state index is 13.9. The first-order chi connectivity index (χ1) is 8.20. The van der Waals surface area contributed by atoms with Gasteiger partial charge in [0.05, 0.1) is 12.0 Å². The molecule has 0 aromatic heterocycles. The highest BCUT2D eigenvalue weighted by Gasteiger charge is 2.36. The van der Waals surface area contributed by atoms with Gasteiger partial charge in [0.2, 0.25) is 0 Å². The van der Waals surface area contributed by atoms with Crippen LogP contribution in [-0.4, -0.2) is 6.17 Å². The van der Waals surface area contributed by atoms with Crippen molar-refractivity contribution in [2.24, 2.45) is 23.7 Å². The zero-order valence-corrected chi connectivity index (χ0v) is 10.9. The molecule has 2 heteroatoms. The highest BCUT2D eigenvalue weighted by atomic mass is 19.1. The fraction of sp³-hybridized carbons (Fsp3) is 0.933. The molecule has 4 unspecified atom stereocenters. The first-order valence-electron chi connectivity index (χ1n) is 7.24. The average molecular weight is 237 g/mol. The molecule has 2 rings (SSSR count). The van der Waals surface area contributed by atoms with E-state index in [0.717, 1.165) is 12.3 Å². The normalized spacial score (nSPS) is 39.8. The van der Waals surface area contributed by atoms with E-state index in [0.29, 0.717) is 12.3 Å². The number of halogens is 1. The maximum absolute atomic E-state index is 13.9. The molecule has 0 spiro atoms. The maximum Gasteiger partial charge on any atom is 0.116 e. The lowest BCUT2D eigenvalue weighted by molar-refractivity contribution is 0.0942. The lowest BCUT2D eigenvalue weighted by Crippen LogP contribution is -2.32. The summed E-state index contributed by atoms with van der Waals surface area (Å²) in [5.74, 6) is 1.27. The van der Waals surface area contributed by atoms with Crippen molar-refractivity contribution in [2.45, 2.75) is 64.5 Å². The zero-order valence-electron chi connectivity index (χ0n) is 10.9. The van der Waals surface area contributed by atoms with Crippen molar-refractivity contribution in [3.8, 4) is 6.07 Å². The minimum atomic E-state index is -0.877. The van der Waals surface area contributed by atoms with E-state index in [-0.39, 0.29) is 11.8 Å². The van der Waals surface area contributed by atoms with E-state index < -0.39 is 6.17 Å². The largest absolute Gasteiger partial charge is 0.246 e. The number of hydrogen-bond donors (Lipinski definition) is 0. The molecule has 0 radical (unpaired) electrons. The van der Waals surface area contributed by atoms with Gasteiger partial charge in [-0.2, -0.15) is 5.26 Å². The molecule has 2 fully saturated rings. The molecule has 2 aliphatic carbocycles. The van der Waals surface area contributed by atoms with Crippen LogP contribution < -0.4 is 0 Å². The molecule has 0 amide bonds. The predicted octanol–water partition coefficient (Wildman–Crippen LogP) is 4.48. The third-order valence-corrected chi connectivity index (χ3v) is 4.81. The third kappa shape index (κ3) is 3.21. The summed E-state index contributed by atoms with van der Waals surface area (Å²) in [5, 5.41) is 8.95. The van der Waals surface area contributed by atoms with Crippen LogP contribution in [-0.2, 0) is 0 Å². The van der Waals surface area contributed by atoms with Crippen LogP contribution in [0.25, 0.3) is 0 Å². The summed E-state index contributed by atoms with van der Waals surface area (Å²) >= 11 is 0. The van der Waals surface area contributed by atoms with Crippen LogP contribution in [0.2, 0.25) is 0 Å². The predicted molar refractivity (Wildman–Crippen MR) is 67.1 cm³/mol. The van der Waals surface area contributed by atoms with Crippen LogP contribution in [0.15, 0.2) is 0 Å². The Kier molecular flexibility index (Phi) is 4.42. The zero-order chi connectivity index (χ0) is 12.3. The summed E-state index contributed by atoms with van der Waals surface area (Å²) in [5.41, 5.74) is 0. The van der Waals surface area contributed by atoms with Crippen LogP contribution in [0.5, 0.6) is 0 Å². The summed E-state index contributed by atoms with van der Waals surface area (Å²) in [4.78, 5) is 0. The van der Waals surface area contributed by atoms with Crippen LogP contribution in [0, 0.1) is 35.0 Å². The standard InChI is InChI=1S/C15H24FN/c1-11-7-13(9-15(16)14(11)10-17)8-12-5-3-2-4-6-12/h11-15H,2-9H2,1H3. The molecule has 0 bridgehead atoms. The molecule has 0 heterocycles. The van der Waals surface area contributed by atoms with E-state index in [1.165, 1.54) is 38.5 Å². The van der Waals surface area contributed by atoms with E-state index in [2.05, 4.69) is 6.07 Å². The fourth-order valence-corrected chi connectivity index (χ4v) is 3.88. The highest BCUT2D eigenvalue weighted by molar-refractivity contribution is 4.97. The summed E-state index contributed by atoms with van der Waals surface area (Å²) in [6, 6.07) is 2.15. The molecule has 4 atom stereocenters. The van der Waals surface area contributed by atoms with E-state index >= 15 is 0 Å². The quantitative estimate of drug-likeness (QED) is 0.694. The van der Waals surface area contributed by atoms with Gasteiger partial charge in [-0.05, 0) is 37.0 Å². The van der Waals surface area contributed by atoms with Crippen molar-refractivity contribution in [3.63, 3.8) is 0 Å². The summed E-state index contributed by atoms with van der Waals surface area (Å²) in [6.07, 6.45) is 8.86. The molecular formula is C15H24FN. The van der Waals surface area contributed by atoms with Crippen molar-refractivity contribution in [1.82, 2.24) is 0 Å². The Hall–Kier alpha value is -0.580. The van der Waals surface area contributed by atoms with E-state index in [9.17, 15) is 4.39 Å². The third-order valence-electron chi connectivity index (χ3n) is 4.81. The minimum absolute atomic E-state index is 0.248. The van der Waals surface area contributed by atoms with Crippen LogP contribution in [0.1, 0.15) is 58.3 Å². The molecule has 0 N–H and O–H groups in total. The second kappa shape index (κ2) is 5.85. The van der Waals surface area contributed by atoms with Gasteiger partial charge in [0, 0.05) is 0 Å². The molecular weight excluding hydrogens is 213 g/mol. The summed E-state index contributed by atoms with van der Waals surface area (Å²) in [6.45, 7) is 2.05. The molecule has 17 heavy (non-hydrogen) atoms. The van der Waals surface area contributed by atoms with Gasteiger partial charge in [-0.3, -0.25) is 0 Å². The smallest absolute Gasteiger partial charge is 0.116 e. The minimum Gasteiger partial charge on any atom is -0.246 e. The first kappa shape index (κ1) is 12.9.